The Labute approximate surface area is 471 Å². The summed E-state index contributed by atoms with van der Waals surface area (Å²) in [6.45, 7) is 27.0. The summed E-state index contributed by atoms with van der Waals surface area (Å²) in [5, 5.41) is 0. The van der Waals surface area contributed by atoms with Gasteiger partial charge in [0, 0.05) is 13.2 Å². The average Bonchev–Trinajstić information content (AvgIpc) is 3.43. The Morgan fingerprint density at radius 3 is 0.455 bits per heavy atom. The maximum Gasteiger partial charge on any atom is 0.331 e. The highest BCUT2D eigenvalue weighted by Gasteiger charge is 2.24. The van der Waals surface area contributed by atoms with Crippen LogP contribution in [-0.2, 0) is 84.6 Å². The molecule has 0 N–H and O–H groups in total. The topological polar surface area (TPSA) is 166 Å². The van der Waals surface area contributed by atoms with Crippen LogP contribution in [0.15, 0.2) is 0 Å². The van der Waals surface area contributed by atoms with Crippen molar-refractivity contribution in [1.29, 1.82) is 0 Å². The fourth-order valence-electron chi connectivity index (χ4n) is 7.40. The first-order chi connectivity index (χ1) is 38.1. The molecule has 0 aliphatic carbocycles. The fourth-order valence-corrected chi connectivity index (χ4v) is 8.63. The Kier molecular flexibility index (Phi) is 69.3. The molecular formula is C58H120O18Si. The number of hydrogen-bond acceptors (Lipinski definition) is 18. The van der Waals surface area contributed by atoms with E-state index in [0.717, 1.165) is 26.1 Å². The molecule has 0 saturated carbocycles. The van der Waals surface area contributed by atoms with Crippen LogP contribution in [0.2, 0.25) is 13.1 Å². The molecule has 18 nitrogen and oxygen atoms in total. The minimum Gasteiger partial charge on any atom is -0.392 e. The molecule has 0 heterocycles. The summed E-state index contributed by atoms with van der Waals surface area (Å²) in [4.78, 5) is 0. The zero-order valence-electron chi connectivity index (χ0n) is 50.0. The van der Waals surface area contributed by atoms with Crippen LogP contribution in [0.5, 0.6) is 0 Å². The van der Waals surface area contributed by atoms with Gasteiger partial charge >= 0.3 is 8.56 Å². The molecule has 0 radical (unpaired) electrons. The van der Waals surface area contributed by atoms with E-state index in [4.69, 9.17) is 84.6 Å². The van der Waals surface area contributed by atoms with Gasteiger partial charge in [-0.1, -0.05) is 129 Å². The lowest BCUT2D eigenvalue weighted by molar-refractivity contribution is -0.0246. The van der Waals surface area contributed by atoms with Gasteiger partial charge in [-0.15, -0.1) is 0 Å². The van der Waals surface area contributed by atoms with E-state index < -0.39 is 8.56 Å². The maximum atomic E-state index is 5.95. The van der Waals surface area contributed by atoms with E-state index in [1.165, 1.54) is 116 Å². The molecule has 0 rings (SSSR count). The minimum atomic E-state index is -2.27. The molecule has 0 amide bonds. The highest BCUT2D eigenvalue weighted by molar-refractivity contribution is 6.64. The normalized spacial score (nSPS) is 12.0. The van der Waals surface area contributed by atoms with Crippen molar-refractivity contribution >= 4 is 8.56 Å². The summed E-state index contributed by atoms with van der Waals surface area (Å²) in [6, 6.07) is 0. The summed E-state index contributed by atoms with van der Waals surface area (Å²) in [7, 11) is -2.27. The molecule has 0 unspecified atom stereocenters. The maximum absolute atomic E-state index is 5.95. The van der Waals surface area contributed by atoms with Gasteiger partial charge < -0.3 is 84.6 Å². The molecule has 0 atom stereocenters. The van der Waals surface area contributed by atoms with E-state index in [0.29, 0.717) is 211 Å². The summed E-state index contributed by atoms with van der Waals surface area (Å²) in [5.41, 5.74) is 0. The fraction of sp³-hybridized carbons (Fsp3) is 1.00. The second-order valence-corrected chi connectivity index (χ2v) is 22.6. The van der Waals surface area contributed by atoms with Gasteiger partial charge in [-0.25, -0.2) is 0 Å². The summed E-state index contributed by atoms with van der Waals surface area (Å²) in [5.74, 6) is 0. The van der Waals surface area contributed by atoms with Crippen molar-refractivity contribution in [2.45, 2.75) is 155 Å². The third kappa shape index (κ3) is 71.5. The van der Waals surface area contributed by atoms with Gasteiger partial charge in [-0.3, -0.25) is 0 Å². The van der Waals surface area contributed by atoms with Crippen LogP contribution in [0, 0.1) is 0 Å². The first-order valence-corrected chi connectivity index (χ1v) is 33.5. The molecule has 0 aromatic heterocycles. The smallest absolute Gasteiger partial charge is 0.331 e. The molecule has 0 aliphatic rings. The quantitative estimate of drug-likeness (QED) is 0.0417. The molecule has 77 heavy (non-hydrogen) atoms. The van der Waals surface area contributed by atoms with Crippen LogP contribution >= 0.6 is 0 Å². The van der Waals surface area contributed by atoms with E-state index >= 15 is 0 Å². The van der Waals surface area contributed by atoms with E-state index in [1.54, 1.807) is 0 Å². The van der Waals surface area contributed by atoms with Gasteiger partial charge in [0.25, 0.3) is 0 Å². The summed E-state index contributed by atoms with van der Waals surface area (Å²) >= 11 is 0. The molecule has 0 saturated heterocycles. The van der Waals surface area contributed by atoms with Crippen molar-refractivity contribution in [3.05, 3.63) is 0 Å². The third-order valence-corrected chi connectivity index (χ3v) is 13.6. The first kappa shape index (κ1) is 76.5. The predicted octanol–water partition coefficient (Wildman–Crippen LogP) is 9.83. The zero-order chi connectivity index (χ0) is 55.4. The Bertz CT molecular complexity index is 968. The van der Waals surface area contributed by atoms with Gasteiger partial charge in [0.2, 0.25) is 0 Å². The van der Waals surface area contributed by atoms with Crippen molar-refractivity contribution in [2.75, 3.05) is 225 Å². The van der Waals surface area contributed by atoms with E-state index in [1.807, 2.05) is 13.1 Å². The van der Waals surface area contributed by atoms with Crippen LogP contribution in [0.3, 0.4) is 0 Å². The molecule has 464 valence electrons. The van der Waals surface area contributed by atoms with Gasteiger partial charge in [-0.2, -0.15) is 0 Å². The third-order valence-electron chi connectivity index (χ3n) is 11.8. The standard InChI is InChI=1S/C58H120O18Si/c1-5-7-9-11-13-15-17-19-21-23-25-59-27-29-61-31-33-63-35-37-65-39-41-67-43-45-69-47-49-71-51-53-73-55-57-75-77(3,4)76-58-56-74-54-52-72-50-48-70-46-44-68-42-40-66-38-36-64-34-32-62-30-28-60-26-24-22-20-18-16-14-12-10-8-6-2/h5-58H2,1-4H3. The van der Waals surface area contributed by atoms with Crippen LogP contribution < -0.4 is 0 Å². The second-order valence-electron chi connectivity index (χ2n) is 19.3. The molecule has 0 aromatic carbocycles. The Morgan fingerprint density at radius 1 is 0.156 bits per heavy atom. The Morgan fingerprint density at radius 2 is 0.286 bits per heavy atom. The molecule has 0 aromatic rings. The van der Waals surface area contributed by atoms with E-state index in [-0.39, 0.29) is 0 Å². The number of ether oxygens (including phenoxy) is 16. The lowest BCUT2D eigenvalue weighted by Crippen LogP contribution is -2.37. The largest absolute Gasteiger partial charge is 0.392 e. The van der Waals surface area contributed by atoms with Crippen LogP contribution in [-0.4, -0.2) is 233 Å². The second kappa shape index (κ2) is 69.8. The van der Waals surface area contributed by atoms with Crippen molar-refractivity contribution in [3.63, 3.8) is 0 Å². The molecular weight excluding hydrogens is 1010 g/mol. The van der Waals surface area contributed by atoms with Gasteiger partial charge in [0.05, 0.1) is 211 Å². The van der Waals surface area contributed by atoms with Gasteiger partial charge in [0.1, 0.15) is 0 Å². The molecule has 0 fully saturated rings. The lowest BCUT2D eigenvalue weighted by atomic mass is 10.1. The molecule has 0 aliphatic heterocycles. The number of rotatable bonds is 72. The number of unbranched alkanes of at least 4 members (excludes halogenated alkanes) is 18. The predicted molar refractivity (Wildman–Crippen MR) is 306 cm³/mol. The Hall–Kier alpha value is -0.503. The molecule has 0 spiro atoms. The minimum absolute atomic E-state index is 0.466. The summed E-state index contributed by atoms with van der Waals surface area (Å²) in [6.07, 6.45) is 26.7. The van der Waals surface area contributed by atoms with Gasteiger partial charge in [0.15, 0.2) is 0 Å². The van der Waals surface area contributed by atoms with Crippen molar-refractivity contribution in [2.24, 2.45) is 0 Å². The average molecular weight is 1130 g/mol. The SMILES string of the molecule is CCCCCCCCCCCCOCCOCCOCCOCCOCCOCCOCCOCCO[Si](C)(C)OCCOCCOCCOCCOCCOCCOCCOCCOCCCCCCCCCCCC. The van der Waals surface area contributed by atoms with Crippen molar-refractivity contribution in [3.8, 4) is 0 Å². The lowest BCUT2D eigenvalue weighted by Gasteiger charge is -2.22. The van der Waals surface area contributed by atoms with Gasteiger partial charge in [-0.05, 0) is 25.9 Å². The molecule has 19 heteroatoms. The van der Waals surface area contributed by atoms with E-state index in [9.17, 15) is 0 Å². The first-order valence-electron chi connectivity index (χ1n) is 30.6. The molecule has 0 bridgehead atoms. The van der Waals surface area contributed by atoms with E-state index in [2.05, 4.69) is 13.8 Å². The monoisotopic (exact) mass is 1130 g/mol. The van der Waals surface area contributed by atoms with Crippen LogP contribution in [0.4, 0.5) is 0 Å². The van der Waals surface area contributed by atoms with Crippen LogP contribution in [0.1, 0.15) is 142 Å². The van der Waals surface area contributed by atoms with Crippen molar-refractivity contribution < 1.29 is 84.6 Å². The van der Waals surface area contributed by atoms with Crippen molar-refractivity contribution in [1.82, 2.24) is 0 Å². The summed E-state index contributed by atoms with van der Waals surface area (Å²) < 4.78 is 101. The highest BCUT2D eigenvalue weighted by atomic mass is 28.4. The van der Waals surface area contributed by atoms with Crippen LogP contribution in [0.25, 0.3) is 0 Å². The highest BCUT2D eigenvalue weighted by Crippen LogP contribution is 2.12. The number of hydrogen-bond donors (Lipinski definition) is 0. The Balaban J connectivity index is 3.21. The zero-order valence-corrected chi connectivity index (χ0v) is 51.0.